The molecule has 0 aromatic heterocycles. The molecule has 1 saturated carbocycles. The molecule has 98 valence electrons. The van der Waals surface area contributed by atoms with Crippen LogP contribution < -0.4 is 10.6 Å². The predicted molar refractivity (Wildman–Crippen MR) is 68.9 cm³/mol. The molecule has 1 heterocycles. The Morgan fingerprint density at radius 2 is 2.16 bits per heavy atom. The molecule has 2 atom stereocenters. The third kappa shape index (κ3) is 1.44. The minimum absolute atomic E-state index is 0.0279. The van der Waals surface area contributed by atoms with Crippen molar-refractivity contribution in [3.63, 3.8) is 0 Å². The topological polar surface area (TPSA) is 75.3 Å². The van der Waals surface area contributed by atoms with Crippen molar-refractivity contribution in [2.24, 2.45) is 5.92 Å². The second kappa shape index (κ2) is 3.66. The summed E-state index contributed by atoms with van der Waals surface area (Å²) >= 11 is 0. The zero-order valence-electron chi connectivity index (χ0n) is 10.7. The first-order chi connectivity index (χ1) is 9.00. The minimum atomic E-state index is -0.718. The van der Waals surface area contributed by atoms with E-state index in [4.69, 9.17) is 0 Å². The molecular formula is C14H14N2O3. The van der Waals surface area contributed by atoms with Gasteiger partial charge in [-0.2, -0.15) is 0 Å². The molecule has 0 spiro atoms. The second-order valence-electron chi connectivity index (χ2n) is 5.11. The number of imide groups is 1. The molecule has 3 rings (SSSR count). The molecule has 2 fully saturated rings. The summed E-state index contributed by atoms with van der Waals surface area (Å²) in [5, 5.41) is 5.38. The van der Waals surface area contributed by atoms with Crippen molar-refractivity contribution in [1.82, 2.24) is 5.32 Å². The van der Waals surface area contributed by atoms with Gasteiger partial charge >= 0.3 is 0 Å². The van der Waals surface area contributed by atoms with Gasteiger partial charge in [-0.3, -0.25) is 19.7 Å². The Kier molecular flexibility index (Phi) is 2.29. The minimum Gasteiger partial charge on any atom is -0.388 e. The lowest BCUT2D eigenvalue weighted by molar-refractivity contribution is -0.127. The molecule has 1 aliphatic heterocycles. The summed E-state index contributed by atoms with van der Waals surface area (Å²) in [5.74, 6) is -0.701. The normalized spacial score (nSPS) is 27.8. The van der Waals surface area contributed by atoms with E-state index >= 15 is 0 Å². The Morgan fingerprint density at radius 3 is 2.63 bits per heavy atom. The van der Waals surface area contributed by atoms with E-state index in [1.807, 2.05) is 0 Å². The standard InChI is InChI=1S/C14H14N2O3/c1-7(17)8-3-4-9(11(5-8)15-2)14-6-10(14)12(18)16-13(14)19/h3-5,10,15H,6H2,1-2H3,(H,16,18,19). The van der Waals surface area contributed by atoms with Crippen LogP contribution in [0.2, 0.25) is 0 Å². The van der Waals surface area contributed by atoms with Crippen LogP contribution in [0.3, 0.4) is 0 Å². The van der Waals surface area contributed by atoms with Gasteiger partial charge in [0.2, 0.25) is 11.8 Å². The van der Waals surface area contributed by atoms with Gasteiger partial charge in [-0.25, -0.2) is 0 Å². The van der Waals surface area contributed by atoms with Gasteiger partial charge in [0.1, 0.15) is 0 Å². The number of carbonyl (C=O) groups excluding carboxylic acids is 3. The Bertz CT molecular complexity index is 623. The van der Waals surface area contributed by atoms with E-state index in [-0.39, 0.29) is 23.5 Å². The largest absolute Gasteiger partial charge is 0.388 e. The molecule has 2 N–H and O–H groups in total. The quantitative estimate of drug-likeness (QED) is 0.622. The van der Waals surface area contributed by atoms with Crippen LogP contribution in [0.15, 0.2) is 18.2 Å². The average molecular weight is 258 g/mol. The van der Waals surface area contributed by atoms with E-state index in [1.165, 1.54) is 6.92 Å². The van der Waals surface area contributed by atoms with Crippen molar-refractivity contribution < 1.29 is 14.4 Å². The number of nitrogens with one attached hydrogen (secondary N) is 2. The van der Waals surface area contributed by atoms with Crippen LogP contribution in [0, 0.1) is 5.92 Å². The molecule has 1 aliphatic carbocycles. The molecule has 19 heavy (non-hydrogen) atoms. The Hall–Kier alpha value is -2.17. The lowest BCUT2D eigenvalue weighted by atomic mass is 9.91. The van der Waals surface area contributed by atoms with Gasteiger partial charge in [0, 0.05) is 18.3 Å². The van der Waals surface area contributed by atoms with E-state index in [1.54, 1.807) is 25.2 Å². The van der Waals surface area contributed by atoms with Gasteiger partial charge in [-0.15, -0.1) is 0 Å². The molecule has 2 aliphatic rings. The molecule has 1 aromatic carbocycles. The van der Waals surface area contributed by atoms with Crippen LogP contribution in [0.25, 0.3) is 0 Å². The number of hydrogen-bond acceptors (Lipinski definition) is 4. The number of benzene rings is 1. The van der Waals surface area contributed by atoms with Crippen molar-refractivity contribution in [3.8, 4) is 0 Å². The fourth-order valence-corrected chi connectivity index (χ4v) is 2.92. The van der Waals surface area contributed by atoms with Gasteiger partial charge in [0.25, 0.3) is 0 Å². The van der Waals surface area contributed by atoms with Gasteiger partial charge in [-0.05, 0) is 25.0 Å². The summed E-state index contributed by atoms with van der Waals surface area (Å²) in [6, 6.07) is 5.22. The van der Waals surface area contributed by atoms with Crippen LogP contribution in [-0.2, 0) is 15.0 Å². The molecule has 1 aromatic rings. The van der Waals surface area contributed by atoms with Crippen LogP contribution >= 0.6 is 0 Å². The maximum atomic E-state index is 12.0. The highest BCUT2D eigenvalue weighted by atomic mass is 16.2. The lowest BCUT2D eigenvalue weighted by Crippen LogP contribution is -2.30. The van der Waals surface area contributed by atoms with Crippen molar-refractivity contribution in [3.05, 3.63) is 29.3 Å². The monoisotopic (exact) mass is 258 g/mol. The molecule has 5 heteroatoms. The molecular weight excluding hydrogens is 244 g/mol. The van der Waals surface area contributed by atoms with Gasteiger partial charge in [0.05, 0.1) is 11.3 Å². The molecule has 2 unspecified atom stereocenters. The number of ketones is 1. The number of piperidine rings is 1. The van der Waals surface area contributed by atoms with Crippen molar-refractivity contribution in [2.45, 2.75) is 18.8 Å². The third-order valence-corrected chi connectivity index (χ3v) is 4.10. The molecule has 2 amide bonds. The zero-order chi connectivity index (χ0) is 13.8. The van der Waals surface area contributed by atoms with Gasteiger partial charge < -0.3 is 5.32 Å². The molecule has 5 nitrogen and oxygen atoms in total. The maximum absolute atomic E-state index is 12.0. The smallest absolute Gasteiger partial charge is 0.238 e. The summed E-state index contributed by atoms with van der Waals surface area (Å²) in [5.41, 5.74) is 1.41. The Balaban J connectivity index is 2.10. The number of anilines is 1. The van der Waals surface area contributed by atoms with Crippen LogP contribution in [0.5, 0.6) is 0 Å². The van der Waals surface area contributed by atoms with E-state index in [0.717, 1.165) is 11.3 Å². The van der Waals surface area contributed by atoms with Crippen molar-refractivity contribution in [2.75, 3.05) is 12.4 Å². The van der Waals surface area contributed by atoms with Crippen molar-refractivity contribution in [1.29, 1.82) is 0 Å². The summed E-state index contributed by atoms with van der Waals surface area (Å²) in [6.45, 7) is 1.50. The maximum Gasteiger partial charge on any atom is 0.238 e. The number of hydrogen-bond donors (Lipinski definition) is 2. The summed E-state index contributed by atoms with van der Waals surface area (Å²) in [4.78, 5) is 35.0. The van der Waals surface area contributed by atoms with Crippen molar-refractivity contribution >= 4 is 23.3 Å². The van der Waals surface area contributed by atoms with Crippen LogP contribution in [0.1, 0.15) is 29.3 Å². The Morgan fingerprint density at radius 1 is 1.42 bits per heavy atom. The van der Waals surface area contributed by atoms with Crippen LogP contribution in [-0.4, -0.2) is 24.6 Å². The van der Waals surface area contributed by atoms with E-state index in [9.17, 15) is 14.4 Å². The van der Waals surface area contributed by atoms with Gasteiger partial charge in [0.15, 0.2) is 5.78 Å². The van der Waals surface area contributed by atoms with E-state index < -0.39 is 5.41 Å². The SMILES string of the molecule is CNc1cc(C(C)=O)ccc1C12CC1C(=O)NC2=O. The molecule has 1 saturated heterocycles. The van der Waals surface area contributed by atoms with E-state index in [0.29, 0.717) is 12.0 Å². The molecule has 0 radical (unpaired) electrons. The average Bonchev–Trinajstić information content (AvgIpc) is 3.09. The predicted octanol–water partition coefficient (Wildman–Crippen LogP) is 0.845. The number of rotatable bonds is 3. The number of Topliss-reactive ketones (excluding diaryl/α,β-unsaturated/α-hetero) is 1. The highest BCUT2D eigenvalue weighted by Crippen LogP contribution is 2.59. The highest BCUT2D eigenvalue weighted by molar-refractivity contribution is 6.15. The first-order valence-electron chi connectivity index (χ1n) is 6.19. The number of amides is 2. The number of fused-ring (bicyclic) bond motifs is 1. The fraction of sp³-hybridized carbons (Fsp3) is 0.357. The van der Waals surface area contributed by atoms with Crippen LogP contribution in [0.4, 0.5) is 5.69 Å². The first kappa shape index (κ1) is 11.9. The summed E-state index contributed by atoms with van der Waals surface area (Å²) < 4.78 is 0. The van der Waals surface area contributed by atoms with Gasteiger partial charge in [-0.1, -0.05) is 12.1 Å². The lowest BCUT2D eigenvalue weighted by Gasteiger charge is -2.16. The van der Waals surface area contributed by atoms with E-state index in [2.05, 4.69) is 10.6 Å². The summed E-state index contributed by atoms with van der Waals surface area (Å²) in [6.07, 6.45) is 0.561. The summed E-state index contributed by atoms with van der Waals surface area (Å²) in [7, 11) is 1.74. The zero-order valence-corrected chi connectivity index (χ0v) is 10.7. The fourth-order valence-electron chi connectivity index (χ4n) is 2.92. The second-order valence-corrected chi connectivity index (χ2v) is 5.11. The first-order valence-corrected chi connectivity index (χ1v) is 6.19. The molecule has 0 bridgehead atoms. The Labute approximate surface area is 110 Å². The number of carbonyl (C=O) groups is 3. The third-order valence-electron chi connectivity index (χ3n) is 4.10. The highest BCUT2D eigenvalue weighted by Gasteiger charge is 2.70.